The van der Waals surface area contributed by atoms with E-state index in [1.165, 1.54) is 11.8 Å². The molecule has 0 saturated carbocycles. The van der Waals surface area contributed by atoms with Gasteiger partial charge in [0, 0.05) is 0 Å². The molecule has 0 N–H and O–H groups in total. The highest BCUT2D eigenvalue weighted by molar-refractivity contribution is 7.98. The second kappa shape index (κ2) is 4.27. The number of hydrogen-bond donors (Lipinski definition) is 0. The molecule has 1 aromatic heterocycles. The van der Waals surface area contributed by atoms with Crippen LogP contribution in [0.4, 0.5) is 0 Å². The summed E-state index contributed by atoms with van der Waals surface area (Å²) in [6.07, 6.45) is 1.92. The van der Waals surface area contributed by atoms with Crippen LogP contribution in [0.5, 0.6) is 5.88 Å². The van der Waals surface area contributed by atoms with Gasteiger partial charge in [-0.3, -0.25) is 0 Å². The van der Waals surface area contributed by atoms with E-state index in [4.69, 9.17) is 4.43 Å². The molecular weight excluding hydrogens is 214 g/mol. The predicted octanol–water partition coefficient (Wildman–Crippen LogP) is 2.12. The highest BCUT2D eigenvalue weighted by Gasteiger charge is 2.19. The summed E-state index contributed by atoms with van der Waals surface area (Å²) in [5, 5.41) is 8.58. The Hall–Kier alpha value is -0.623. The first-order chi connectivity index (χ1) is 6.42. The van der Waals surface area contributed by atoms with Crippen molar-refractivity contribution in [2.45, 2.75) is 31.7 Å². The fourth-order valence-corrected chi connectivity index (χ4v) is 1.89. The molecule has 0 aliphatic heterocycles. The zero-order valence-corrected chi connectivity index (χ0v) is 11.0. The number of aryl methyl sites for hydroxylation is 1. The zero-order valence-electron chi connectivity index (χ0n) is 9.16. The van der Waals surface area contributed by atoms with E-state index in [0.717, 1.165) is 5.69 Å². The molecule has 4 nitrogen and oxygen atoms in total. The lowest BCUT2D eigenvalue weighted by molar-refractivity contribution is 0.507. The summed E-state index contributed by atoms with van der Waals surface area (Å²) < 4.78 is 5.79. The predicted molar refractivity (Wildman–Crippen MR) is 60.3 cm³/mol. The van der Waals surface area contributed by atoms with Gasteiger partial charge in [-0.05, 0) is 32.8 Å². The topological polar surface area (TPSA) is 47.9 Å². The van der Waals surface area contributed by atoms with E-state index in [2.05, 4.69) is 34.8 Å². The molecule has 0 spiro atoms. The molecular formula is C8H15N3OSSi. The van der Waals surface area contributed by atoms with Gasteiger partial charge < -0.3 is 4.43 Å². The van der Waals surface area contributed by atoms with Gasteiger partial charge in [-0.15, -0.1) is 10.2 Å². The van der Waals surface area contributed by atoms with Crippen LogP contribution in [0, 0.1) is 6.92 Å². The Kier molecular flexibility index (Phi) is 3.49. The van der Waals surface area contributed by atoms with E-state index >= 15 is 0 Å². The molecule has 0 radical (unpaired) electrons. The van der Waals surface area contributed by atoms with Gasteiger partial charge in [-0.1, -0.05) is 11.8 Å². The van der Waals surface area contributed by atoms with Gasteiger partial charge in [0.2, 0.25) is 19.4 Å². The lowest BCUT2D eigenvalue weighted by atomic mass is 10.5. The Labute approximate surface area is 89.6 Å². The SMILES string of the molecule is CSc1nnc(C)c(O[Si](C)(C)C)n1. The lowest BCUT2D eigenvalue weighted by Crippen LogP contribution is -2.30. The van der Waals surface area contributed by atoms with Gasteiger partial charge in [0.25, 0.3) is 0 Å². The van der Waals surface area contributed by atoms with Crippen LogP contribution in [0.15, 0.2) is 5.16 Å². The minimum atomic E-state index is -1.60. The largest absolute Gasteiger partial charge is 0.530 e. The first-order valence-electron chi connectivity index (χ1n) is 4.37. The van der Waals surface area contributed by atoms with Crippen LogP contribution in [-0.2, 0) is 0 Å². The highest BCUT2D eigenvalue weighted by Crippen LogP contribution is 2.18. The monoisotopic (exact) mass is 229 g/mol. The van der Waals surface area contributed by atoms with E-state index in [9.17, 15) is 0 Å². The quantitative estimate of drug-likeness (QED) is 0.587. The van der Waals surface area contributed by atoms with Crippen molar-refractivity contribution in [1.29, 1.82) is 0 Å². The van der Waals surface area contributed by atoms with Gasteiger partial charge in [0.15, 0.2) is 0 Å². The van der Waals surface area contributed by atoms with E-state index in [1.807, 2.05) is 13.2 Å². The van der Waals surface area contributed by atoms with Gasteiger partial charge in [0.1, 0.15) is 5.69 Å². The van der Waals surface area contributed by atoms with Gasteiger partial charge >= 0.3 is 0 Å². The Morgan fingerprint density at radius 1 is 1.21 bits per heavy atom. The van der Waals surface area contributed by atoms with Crippen LogP contribution in [0.3, 0.4) is 0 Å². The van der Waals surface area contributed by atoms with Gasteiger partial charge in [0.05, 0.1) is 0 Å². The summed E-state index contributed by atoms with van der Waals surface area (Å²) in [5.74, 6) is 0.628. The average molecular weight is 229 g/mol. The number of thioether (sulfide) groups is 1. The zero-order chi connectivity index (χ0) is 10.8. The first kappa shape index (κ1) is 11.5. The van der Waals surface area contributed by atoms with Crippen molar-refractivity contribution in [3.8, 4) is 5.88 Å². The Morgan fingerprint density at radius 2 is 1.86 bits per heavy atom. The summed E-state index contributed by atoms with van der Waals surface area (Å²) in [4.78, 5) is 4.28. The van der Waals surface area contributed by atoms with Crippen molar-refractivity contribution in [3.63, 3.8) is 0 Å². The van der Waals surface area contributed by atoms with Crippen LogP contribution < -0.4 is 4.43 Å². The van der Waals surface area contributed by atoms with Crippen molar-refractivity contribution < 1.29 is 4.43 Å². The third-order valence-corrected chi connectivity index (χ3v) is 2.72. The van der Waals surface area contributed by atoms with Gasteiger partial charge in [-0.2, -0.15) is 4.98 Å². The minimum absolute atomic E-state index is 0.628. The summed E-state index contributed by atoms with van der Waals surface area (Å²) in [7, 11) is -1.60. The Balaban J connectivity index is 2.95. The number of rotatable bonds is 3. The van der Waals surface area contributed by atoms with E-state index in [-0.39, 0.29) is 0 Å². The van der Waals surface area contributed by atoms with Crippen molar-refractivity contribution in [2.75, 3.05) is 6.26 Å². The minimum Gasteiger partial charge on any atom is -0.530 e. The van der Waals surface area contributed by atoms with E-state index < -0.39 is 8.32 Å². The molecule has 1 rings (SSSR count). The summed E-state index contributed by atoms with van der Waals surface area (Å²) >= 11 is 1.47. The molecule has 6 heteroatoms. The number of aromatic nitrogens is 3. The molecule has 0 aromatic carbocycles. The van der Waals surface area contributed by atoms with Crippen LogP contribution in [-0.4, -0.2) is 29.8 Å². The van der Waals surface area contributed by atoms with Crippen LogP contribution in [0.1, 0.15) is 5.69 Å². The second-order valence-corrected chi connectivity index (χ2v) is 9.11. The van der Waals surface area contributed by atoms with Crippen molar-refractivity contribution in [1.82, 2.24) is 15.2 Å². The third-order valence-electron chi connectivity index (χ3n) is 1.38. The van der Waals surface area contributed by atoms with E-state index in [0.29, 0.717) is 11.0 Å². The van der Waals surface area contributed by atoms with Crippen molar-refractivity contribution >= 4 is 20.1 Å². The Morgan fingerprint density at radius 3 is 2.36 bits per heavy atom. The molecule has 0 amide bonds. The molecule has 1 aromatic rings. The molecule has 0 unspecified atom stereocenters. The number of nitrogens with zero attached hydrogens (tertiary/aromatic N) is 3. The van der Waals surface area contributed by atoms with Crippen LogP contribution >= 0.6 is 11.8 Å². The third kappa shape index (κ3) is 3.26. The summed E-state index contributed by atoms with van der Waals surface area (Å²) in [6, 6.07) is 0. The van der Waals surface area contributed by atoms with Crippen molar-refractivity contribution in [2.24, 2.45) is 0 Å². The average Bonchev–Trinajstić information content (AvgIpc) is 2.06. The first-order valence-corrected chi connectivity index (χ1v) is 9.00. The molecule has 0 saturated heterocycles. The maximum atomic E-state index is 5.79. The molecule has 0 bridgehead atoms. The summed E-state index contributed by atoms with van der Waals surface area (Å²) in [6.45, 7) is 8.22. The normalized spacial score (nSPS) is 11.5. The Bertz CT molecular complexity index is 327. The van der Waals surface area contributed by atoms with Crippen LogP contribution in [0.25, 0.3) is 0 Å². The van der Waals surface area contributed by atoms with E-state index in [1.54, 1.807) is 0 Å². The molecule has 0 aliphatic rings. The smallest absolute Gasteiger partial charge is 0.244 e. The number of hydrogen-bond acceptors (Lipinski definition) is 5. The van der Waals surface area contributed by atoms with Gasteiger partial charge in [-0.25, -0.2) is 0 Å². The molecule has 0 fully saturated rings. The summed E-state index contributed by atoms with van der Waals surface area (Å²) in [5.41, 5.74) is 0.755. The molecule has 78 valence electrons. The lowest BCUT2D eigenvalue weighted by Gasteiger charge is -2.18. The molecule has 14 heavy (non-hydrogen) atoms. The second-order valence-electron chi connectivity index (χ2n) is 3.90. The van der Waals surface area contributed by atoms with Crippen LogP contribution in [0.2, 0.25) is 19.6 Å². The molecule has 0 aliphatic carbocycles. The van der Waals surface area contributed by atoms with Crippen molar-refractivity contribution in [3.05, 3.63) is 5.69 Å². The molecule has 0 atom stereocenters. The fraction of sp³-hybridized carbons (Fsp3) is 0.625. The maximum Gasteiger partial charge on any atom is 0.244 e. The maximum absolute atomic E-state index is 5.79. The highest BCUT2D eigenvalue weighted by atomic mass is 32.2. The fourth-order valence-electron chi connectivity index (χ4n) is 0.824. The molecule has 1 heterocycles. The standard InChI is InChI=1S/C8H15N3OSSi/c1-6-7(12-14(3,4)5)9-8(13-2)11-10-6/h1-5H3.